The molecular weight excluding hydrogens is 221 g/mol. The van der Waals surface area contributed by atoms with E-state index in [0.717, 1.165) is 12.1 Å². The molecule has 0 bridgehead atoms. The highest BCUT2D eigenvalue weighted by Gasteiger charge is 2.12. The first-order valence-electron chi connectivity index (χ1n) is 5.50. The van der Waals surface area contributed by atoms with Crippen LogP contribution >= 0.6 is 0 Å². The highest BCUT2D eigenvalue weighted by molar-refractivity contribution is 5.55. The zero-order valence-corrected chi connectivity index (χ0v) is 9.83. The van der Waals surface area contributed by atoms with Crippen molar-refractivity contribution in [2.75, 3.05) is 6.54 Å². The van der Waals surface area contributed by atoms with Crippen LogP contribution in [0.25, 0.3) is 11.5 Å². The normalized spacial score (nSPS) is 10.8. The molecule has 0 fully saturated rings. The molecule has 0 saturated heterocycles. The topological polar surface area (TPSA) is 51.0 Å². The molecular formula is C12H14FN3O. The maximum absolute atomic E-state index is 13.6. The molecule has 2 rings (SSSR count). The molecule has 0 aliphatic heterocycles. The second-order valence-electron chi connectivity index (χ2n) is 3.78. The predicted molar refractivity (Wildman–Crippen MR) is 61.8 cm³/mol. The van der Waals surface area contributed by atoms with Crippen LogP contribution in [-0.2, 0) is 6.54 Å². The van der Waals surface area contributed by atoms with Crippen LogP contribution in [0.2, 0.25) is 0 Å². The van der Waals surface area contributed by atoms with Gasteiger partial charge < -0.3 is 9.84 Å². The lowest BCUT2D eigenvalue weighted by atomic mass is 10.1. The molecule has 1 heterocycles. The highest BCUT2D eigenvalue weighted by atomic mass is 19.1. The van der Waals surface area contributed by atoms with E-state index in [4.69, 9.17) is 4.52 Å². The molecule has 0 unspecified atom stereocenters. The Hall–Kier alpha value is -1.75. The fraction of sp³-hybridized carbons (Fsp3) is 0.333. The van der Waals surface area contributed by atoms with Crippen LogP contribution in [0.5, 0.6) is 0 Å². The van der Waals surface area contributed by atoms with E-state index in [0.29, 0.717) is 17.9 Å². The van der Waals surface area contributed by atoms with Gasteiger partial charge in [-0.25, -0.2) is 4.39 Å². The van der Waals surface area contributed by atoms with E-state index in [1.807, 2.05) is 13.8 Å². The Balaban J connectivity index is 2.27. The van der Waals surface area contributed by atoms with Gasteiger partial charge in [0, 0.05) is 0 Å². The average Bonchev–Trinajstić information content (AvgIpc) is 2.78. The number of hydrogen-bond acceptors (Lipinski definition) is 4. The Kier molecular flexibility index (Phi) is 3.49. The standard InChI is InChI=1S/C12H14FN3O/c1-3-14-7-11-15-12(17-16-11)9-6-8(2)4-5-10(9)13/h4-6,14H,3,7H2,1-2H3. The molecule has 5 heteroatoms. The van der Waals surface area contributed by atoms with Crippen LogP contribution in [0, 0.1) is 12.7 Å². The van der Waals surface area contributed by atoms with Gasteiger partial charge in [0.25, 0.3) is 5.89 Å². The minimum Gasteiger partial charge on any atom is -0.334 e. The zero-order valence-electron chi connectivity index (χ0n) is 9.83. The van der Waals surface area contributed by atoms with Crippen molar-refractivity contribution < 1.29 is 8.91 Å². The third kappa shape index (κ3) is 2.68. The maximum atomic E-state index is 13.6. The minimum atomic E-state index is -0.353. The van der Waals surface area contributed by atoms with E-state index in [2.05, 4.69) is 15.5 Å². The predicted octanol–water partition coefficient (Wildman–Crippen LogP) is 2.29. The molecule has 0 aliphatic carbocycles. The van der Waals surface area contributed by atoms with Gasteiger partial charge >= 0.3 is 0 Å². The quantitative estimate of drug-likeness (QED) is 0.883. The van der Waals surface area contributed by atoms with Crippen molar-refractivity contribution in [1.29, 1.82) is 0 Å². The number of rotatable bonds is 4. The molecule has 0 amide bonds. The second-order valence-corrected chi connectivity index (χ2v) is 3.78. The van der Waals surface area contributed by atoms with Crippen molar-refractivity contribution in [3.8, 4) is 11.5 Å². The van der Waals surface area contributed by atoms with Crippen molar-refractivity contribution in [1.82, 2.24) is 15.5 Å². The number of aromatic nitrogens is 2. The molecule has 2 aromatic rings. The van der Waals surface area contributed by atoms with E-state index in [9.17, 15) is 4.39 Å². The van der Waals surface area contributed by atoms with Crippen LogP contribution in [0.15, 0.2) is 22.7 Å². The lowest BCUT2D eigenvalue weighted by molar-refractivity contribution is 0.417. The fourth-order valence-corrected chi connectivity index (χ4v) is 1.47. The van der Waals surface area contributed by atoms with E-state index < -0.39 is 0 Å². The van der Waals surface area contributed by atoms with Gasteiger partial charge in [-0.05, 0) is 25.6 Å². The summed E-state index contributed by atoms with van der Waals surface area (Å²) in [5, 5.41) is 6.86. The molecule has 0 atom stereocenters. The van der Waals surface area contributed by atoms with Gasteiger partial charge in [0.05, 0.1) is 12.1 Å². The summed E-state index contributed by atoms with van der Waals surface area (Å²) >= 11 is 0. The SMILES string of the molecule is CCNCc1noc(-c2cc(C)ccc2F)n1. The van der Waals surface area contributed by atoms with Crippen LogP contribution < -0.4 is 5.32 Å². The van der Waals surface area contributed by atoms with Crippen molar-refractivity contribution in [3.05, 3.63) is 35.4 Å². The Bertz CT molecular complexity index is 510. The summed E-state index contributed by atoms with van der Waals surface area (Å²) in [6.45, 7) is 5.22. The molecule has 17 heavy (non-hydrogen) atoms. The number of nitrogens with one attached hydrogen (secondary N) is 1. The summed E-state index contributed by atoms with van der Waals surface area (Å²) in [6.07, 6.45) is 0. The molecule has 1 aromatic heterocycles. The molecule has 1 aromatic carbocycles. The molecule has 0 saturated carbocycles. The van der Waals surface area contributed by atoms with Crippen molar-refractivity contribution in [2.24, 2.45) is 0 Å². The van der Waals surface area contributed by atoms with Gasteiger partial charge in [-0.2, -0.15) is 4.98 Å². The van der Waals surface area contributed by atoms with Crippen molar-refractivity contribution in [2.45, 2.75) is 20.4 Å². The van der Waals surface area contributed by atoms with Crippen molar-refractivity contribution >= 4 is 0 Å². The third-order valence-corrected chi connectivity index (χ3v) is 2.35. The molecule has 0 radical (unpaired) electrons. The van der Waals surface area contributed by atoms with Gasteiger partial charge in [-0.1, -0.05) is 23.7 Å². The first kappa shape index (κ1) is 11.7. The zero-order chi connectivity index (χ0) is 12.3. The van der Waals surface area contributed by atoms with E-state index in [1.165, 1.54) is 6.07 Å². The molecule has 1 N–H and O–H groups in total. The average molecular weight is 235 g/mol. The summed E-state index contributed by atoms with van der Waals surface area (Å²) in [4.78, 5) is 4.14. The lowest BCUT2D eigenvalue weighted by Crippen LogP contribution is -2.12. The maximum Gasteiger partial charge on any atom is 0.260 e. The van der Waals surface area contributed by atoms with E-state index in [-0.39, 0.29) is 11.7 Å². The summed E-state index contributed by atoms with van der Waals surface area (Å²) in [7, 11) is 0. The Morgan fingerprint density at radius 1 is 1.41 bits per heavy atom. The van der Waals surface area contributed by atoms with E-state index >= 15 is 0 Å². The molecule has 0 aliphatic rings. The first-order valence-corrected chi connectivity index (χ1v) is 5.50. The summed E-state index contributed by atoms with van der Waals surface area (Å²) in [5.74, 6) is 0.399. The fourth-order valence-electron chi connectivity index (χ4n) is 1.47. The minimum absolute atomic E-state index is 0.221. The smallest absolute Gasteiger partial charge is 0.260 e. The van der Waals surface area contributed by atoms with Crippen LogP contribution in [0.1, 0.15) is 18.3 Å². The number of aryl methyl sites for hydroxylation is 1. The van der Waals surface area contributed by atoms with Crippen molar-refractivity contribution in [3.63, 3.8) is 0 Å². The Morgan fingerprint density at radius 3 is 3.00 bits per heavy atom. The molecule has 4 nitrogen and oxygen atoms in total. The molecule has 0 spiro atoms. The Morgan fingerprint density at radius 2 is 2.24 bits per heavy atom. The lowest BCUT2D eigenvalue weighted by Gasteiger charge is -1.98. The summed E-state index contributed by atoms with van der Waals surface area (Å²) in [6, 6.07) is 4.80. The first-order chi connectivity index (χ1) is 8.20. The molecule has 90 valence electrons. The number of benzene rings is 1. The number of hydrogen-bond donors (Lipinski definition) is 1. The largest absolute Gasteiger partial charge is 0.334 e. The van der Waals surface area contributed by atoms with Gasteiger partial charge in [-0.15, -0.1) is 0 Å². The monoisotopic (exact) mass is 235 g/mol. The Labute approximate surface area is 98.8 Å². The van der Waals surface area contributed by atoms with Crippen LogP contribution in [-0.4, -0.2) is 16.7 Å². The van der Waals surface area contributed by atoms with Gasteiger partial charge in [0.15, 0.2) is 5.82 Å². The van der Waals surface area contributed by atoms with E-state index in [1.54, 1.807) is 12.1 Å². The number of halogens is 1. The number of nitrogens with zero attached hydrogens (tertiary/aromatic N) is 2. The van der Waals surface area contributed by atoms with Gasteiger partial charge in [-0.3, -0.25) is 0 Å². The van der Waals surface area contributed by atoms with Gasteiger partial charge in [0.2, 0.25) is 0 Å². The second kappa shape index (κ2) is 5.05. The van der Waals surface area contributed by atoms with Crippen LogP contribution in [0.3, 0.4) is 0 Å². The van der Waals surface area contributed by atoms with Gasteiger partial charge in [0.1, 0.15) is 5.82 Å². The summed E-state index contributed by atoms with van der Waals surface area (Å²) < 4.78 is 18.6. The third-order valence-electron chi connectivity index (χ3n) is 2.35. The van der Waals surface area contributed by atoms with Crippen LogP contribution in [0.4, 0.5) is 4.39 Å². The summed E-state index contributed by atoms with van der Waals surface area (Å²) in [5.41, 5.74) is 1.30. The highest BCUT2D eigenvalue weighted by Crippen LogP contribution is 2.22.